The van der Waals surface area contributed by atoms with Crippen LogP contribution in [0.25, 0.3) is 0 Å². The maximum Gasteiger partial charge on any atom is 0.255 e. The van der Waals surface area contributed by atoms with Gasteiger partial charge in [0, 0.05) is 17.3 Å². The predicted molar refractivity (Wildman–Crippen MR) is 131 cm³/mol. The number of benzene rings is 4. The highest BCUT2D eigenvalue weighted by Crippen LogP contribution is 2.24. The lowest BCUT2D eigenvalue weighted by molar-refractivity contribution is -0.114. The van der Waals surface area contributed by atoms with Crippen molar-refractivity contribution in [3.8, 4) is 11.5 Å². The van der Waals surface area contributed by atoms with Crippen LogP contribution in [0.4, 0.5) is 17.1 Å². The Kier molecular flexibility index (Phi) is 6.98. The van der Waals surface area contributed by atoms with Gasteiger partial charge >= 0.3 is 0 Å². The summed E-state index contributed by atoms with van der Waals surface area (Å²) in [6.07, 6.45) is 0. The summed E-state index contributed by atoms with van der Waals surface area (Å²) < 4.78 is 5.81. The molecule has 0 spiro atoms. The first kappa shape index (κ1) is 21.6. The topological polar surface area (TPSA) is 79.5 Å². The number of rotatable bonds is 8. The number of amides is 2. The van der Waals surface area contributed by atoms with Crippen LogP contribution in [0, 0.1) is 0 Å². The molecule has 0 bridgehead atoms. The lowest BCUT2D eigenvalue weighted by atomic mass is 10.2. The molecular weight excluding hydrogens is 414 g/mol. The van der Waals surface area contributed by atoms with Crippen molar-refractivity contribution in [3.63, 3.8) is 0 Å². The Hall–Kier alpha value is -4.58. The fraction of sp³-hybridized carbons (Fsp3) is 0.0370. The number of nitrogens with one attached hydrogen (secondary N) is 3. The molecule has 0 heterocycles. The Bertz CT molecular complexity index is 1230. The highest BCUT2D eigenvalue weighted by Gasteiger charge is 2.10. The zero-order valence-corrected chi connectivity index (χ0v) is 17.8. The third-order valence-electron chi connectivity index (χ3n) is 4.75. The minimum atomic E-state index is -0.226. The lowest BCUT2D eigenvalue weighted by Gasteiger charge is -2.13. The van der Waals surface area contributed by atoms with Crippen LogP contribution in [-0.4, -0.2) is 18.4 Å². The van der Waals surface area contributed by atoms with Gasteiger partial charge in [-0.2, -0.15) is 0 Å². The van der Waals surface area contributed by atoms with Gasteiger partial charge < -0.3 is 20.7 Å². The summed E-state index contributed by atoms with van der Waals surface area (Å²) in [7, 11) is 0. The zero-order chi connectivity index (χ0) is 22.9. The lowest BCUT2D eigenvalue weighted by Crippen LogP contribution is -2.22. The predicted octanol–water partition coefficient (Wildman–Crippen LogP) is 5.78. The highest BCUT2D eigenvalue weighted by atomic mass is 16.5. The molecule has 0 aromatic heterocycles. The monoisotopic (exact) mass is 437 g/mol. The first-order chi connectivity index (χ1) is 16.2. The van der Waals surface area contributed by atoms with Gasteiger partial charge in [0.15, 0.2) is 0 Å². The number of hydrogen-bond donors (Lipinski definition) is 3. The normalized spacial score (nSPS) is 10.2. The van der Waals surface area contributed by atoms with E-state index in [0.29, 0.717) is 28.4 Å². The fourth-order valence-corrected chi connectivity index (χ4v) is 3.17. The second-order valence-electron chi connectivity index (χ2n) is 7.21. The van der Waals surface area contributed by atoms with E-state index in [1.54, 1.807) is 30.3 Å². The molecule has 0 radical (unpaired) electrons. The second-order valence-corrected chi connectivity index (χ2v) is 7.21. The summed E-state index contributed by atoms with van der Waals surface area (Å²) in [4.78, 5) is 25.0. The van der Waals surface area contributed by atoms with Crippen molar-refractivity contribution in [2.75, 3.05) is 22.5 Å². The summed E-state index contributed by atoms with van der Waals surface area (Å²) in [5.41, 5.74) is 2.43. The summed E-state index contributed by atoms with van der Waals surface area (Å²) in [6, 6.07) is 32.9. The summed E-state index contributed by atoms with van der Waals surface area (Å²) in [6.45, 7) is 0.0298. The van der Waals surface area contributed by atoms with E-state index < -0.39 is 0 Å². The molecule has 0 fully saturated rings. The van der Waals surface area contributed by atoms with Crippen LogP contribution >= 0.6 is 0 Å². The number of para-hydroxylation sites is 3. The molecule has 6 heteroatoms. The molecule has 0 aliphatic rings. The Balaban J connectivity index is 1.35. The van der Waals surface area contributed by atoms with Crippen LogP contribution in [0.15, 0.2) is 109 Å². The smallest absolute Gasteiger partial charge is 0.255 e. The number of ether oxygens (including phenoxy) is 1. The van der Waals surface area contributed by atoms with Gasteiger partial charge in [0.1, 0.15) is 11.5 Å². The van der Waals surface area contributed by atoms with E-state index in [0.717, 1.165) is 5.75 Å². The molecule has 3 N–H and O–H groups in total. The number of anilines is 3. The average Bonchev–Trinajstić information content (AvgIpc) is 2.85. The highest BCUT2D eigenvalue weighted by molar-refractivity contribution is 6.06. The Morgan fingerprint density at radius 3 is 2.03 bits per heavy atom. The molecule has 0 aliphatic carbocycles. The molecule has 0 unspecified atom stereocenters. The van der Waals surface area contributed by atoms with Gasteiger partial charge in [0.05, 0.1) is 17.9 Å². The van der Waals surface area contributed by atoms with E-state index in [4.69, 9.17) is 4.74 Å². The number of hydrogen-bond acceptors (Lipinski definition) is 4. The largest absolute Gasteiger partial charge is 0.457 e. The van der Waals surface area contributed by atoms with Crippen LogP contribution in [0.5, 0.6) is 11.5 Å². The molecule has 2 amide bonds. The van der Waals surface area contributed by atoms with E-state index in [1.165, 1.54) is 0 Å². The molecule has 33 heavy (non-hydrogen) atoms. The van der Waals surface area contributed by atoms with E-state index in [1.807, 2.05) is 78.9 Å². The standard InChI is InChI=1S/C27H23N3O3/c31-26(29-21-12-9-15-23(18-21)33-22-13-5-2-6-14-22)19-28-24-16-7-8-17-25(24)30-27(32)20-10-3-1-4-11-20/h1-18,28H,19H2,(H,29,31)(H,30,32). The van der Waals surface area contributed by atoms with Gasteiger partial charge in [0.2, 0.25) is 5.91 Å². The minimum Gasteiger partial charge on any atom is -0.457 e. The van der Waals surface area contributed by atoms with Crippen molar-refractivity contribution in [1.82, 2.24) is 0 Å². The van der Waals surface area contributed by atoms with E-state index in [-0.39, 0.29) is 18.4 Å². The molecule has 6 nitrogen and oxygen atoms in total. The molecule has 0 atom stereocenters. The van der Waals surface area contributed by atoms with Gasteiger partial charge in [-0.1, -0.05) is 54.6 Å². The van der Waals surface area contributed by atoms with Gasteiger partial charge in [-0.3, -0.25) is 9.59 Å². The van der Waals surface area contributed by atoms with Gasteiger partial charge in [0.25, 0.3) is 5.91 Å². The first-order valence-corrected chi connectivity index (χ1v) is 10.5. The SMILES string of the molecule is O=C(CNc1ccccc1NC(=O)c1ccccc1)Nc1cccc(Oc2ccccc2)c1. The van der Waals surface area contributed by atoms with Crippen LogP contribution in [0.1, 0.15) is 10.4 Å². The molecule has 164 valence electrons. The fourth-order valence-electron chi connectivity index (χ4n) is 3.17. The molecule has 0 aliphatic heterocycles. The average molecular weight is 437 g/mol. The Labute approximate surface area is 192 Å². The van der Waals surface area contributed by atoms with Crippen LogP contribution in [0.2, 0.25) is 0 Å². The van der Waals surface area contributed by atoms with E-state index in [9.17, 15) is 9.59 Å². The summed E-state index contributed by atoms with van der Waals surface area (Å²) in [5, 5.41) is 8.82. The molecular formula is C27H23N3O3. The van der Waals surface area contributed by atoms with Crippen molar-refractivity contribution in [2.24, 2.45) is 0 Å². The minimum absolute atomic E-state index is 0.0298. The zero-order valence-electron chi connectivity index (χ0n) is 17.8. The molecule has 0 saturated heterocycles. The van der Waals surface area contributed by atoms with E-state index in [2.05, 4.69) is 16.0 Å². The molecule has 4 rings (SSSR count). The van der Waals surface area contributed by atoms with Crippen molar-refractivity contribution in [2.45, 2.75) is 0 Å². The Morgan fingerprint density at radius 2 is 1.27 bits per heavy atom. The van der Waals surface area contributed by atoms with Crippen molar-refractivity contribution in [1.29, 1.82) is 0 Å². The number of carbonyl (C=O) groups is 2. The molecule has 0 saturated carbocycles. The van der Waals surface area contributed by atoms with Crippen molar-refractivity contribution >= 4 is 28.9 Å². The van der Waals surface area contributed by atoms with E-state index >= 15 is 0 Å². The van der Waals surface area contributed by atoms with Gasteiger partial charge in [-0.25, -0.2) is 0 Å². The molecule has 4 aromatic carbocycles. The maximum atomic E-state index is 12.5. The quantitative estimate of drug-likeness (QED) is 0.326. The third-order valence-corrected chi connectivity index (χ3v) is 4.75. The van der Waals surface area contributed by atoms with Crippen molar-refractivity contribution in [3.05, 3.63) is 115 Å². The number of carbonyl (C=O) groups excluding carboxylic acids is 2. The summed E-state index contributed by atoms with van der Waals surface area (Å²) in [5.74, 6) is 0.901. The van der Waals surface area contributed by atoms with Crippen molar-refractivity contribution < 1.29 is 14.3 Å². The van der Waals surface area contributed by atoms with Crippen LogP contribution < -0.4 is 20.7 Å². The van der Waals surface area contributed by atoms with Gasteiger partial charge in [-0.05, 0) is 48.5 Å². The third kappa shape index (κ3) is 6.21. The summed E-state index contributed by atoms with van der Waals surface area (Å²) >= 11 is 0. The molecule has 4 aromatic rings. The second kappa shape index (κ2) is 10.6. The Morgan fingerprint density at radius 1 is 0.636 bits per heavy atom. The van der Waals surface area contributed by atoms with Gasteiger partial charge in [-0.15, -0.1) is 0 Å². The maximum absolute atomic E-state index is 12.5. The first-order valence-electron chi connectivity index (χ1n) is 10.5. The van der Waals surface area contributed by atoms with Crippen LogP contribution in [-0.2, 0) is 4.79 Å². The van der Waals surface area contributed by atoms with Crippen LogP contribution in [0.3, 0.4) is 0 Å².